The van der Waals surface area contributed by atoms with Gasteiger partial charge in [-0.15, -0.1) is 0 Å². The number of ether oxygens (including phenoxy) is 2. The summed E-state index contributed by atoms with van der Waals surface area (Å²) in [7, 11) is 1.56. The molecule has 0 spiro atoms. The average Bonchev–Trinajstić information content (AvgIpc) is 3.01. The Labute approximate surface area is 165 Å². The van der Waals surface area contributed by atoms with Crippen LogP contribution >= 0.6 is 0 Å². The van der Waals surface area contributed by atoms with E-state index in [1.165, 1.54) is 0 Å². The van der Waals surface area contributed by atoms with Crippen LogP contribution in [-0.4, -0.2) is 28.9 Å². The molecule has 146 valence electrons. The monoisotopic (exact) mass is 379 g/mol. The van der Waals surface area contributed by atoms with Crippen molar-refractivity contribution in [2.24, 2.45) is 0 Å². The van der Waals surface area contributed by atoms with Gasteiger partial charge in [0.05, 0.1) is 25.5 Å². The van der Waals surface area contributed by atoms with Crippen molar-refractivity contribution in [2.45, 2.75) is 33.4 Å². The van der Waals surface area contributed by atoms with E-state index >= 15 is 0 Å². The number of methoxy groups -OCH3 is 1. The molecule has 0 saturated heterocycles. The van der Waals surface area contributed by atoms with Crippen molar-refractivity contribution in [1.29, 1.82) is 0 Å². The number of hydrogen-bond acceptors (Lipinski definition) is 4. The van der Waals surface area contributed by atoms with Gasteiger partial charge in [-0.3, -0.25) is 4.79 Å². The summed E-state index contributed by atoms with van der Waals surface area (Å²) in [6.07, 6.45) is 0.0175. The smallest absolute Gasteiger partial charge is 0.256 e. The zero-order valence-electron chi connectivity index (χ0n) is 16.6. The van der Waals surface area contributed by atoms with Gasteiger partial charge < -0.3 is 14.8 Å². The molecule has 0 aliphatic carbocycles. The van der Waals surface area contributed by atoms with Gasteiger partial charge in [0.2, 0.25) is 0 Å². The molecule has 3 aromatic rings. The molecule has 1 heterocycles. The fourth-order valence-corrected chi connectivity index (χ4v) is 2.87. The molecule has 1 amide bonds. The third kappa shape index (κ3) is 4.71. The standard InChI is InChI=1S/C22H25N3O3/c1-15(2)28-19-11-10-18(13-20(19)27-4)22(26)23-21-12-16(3)24-25(21)14-17-8-6-5-7-9-17/h5-13,15H,14H2,1-4H3,(H,23,26). The number of hydrogen-bond donors (Lipinski definition) is 1. The highest BCUT2D eigenvalue weighted by molar-refractivity contribution is 6.04. The molecule has 28 heavy (non-hydrogen) atoms. The lowest BCUT2D eigenvalue weighted by molar-refractivity contribution is 0.102. The molecule has 0 atom stereocenters. The minimum Gasteiger partial charge on any atom is -0.493 e. The third-order valence-electron chi connectivity index (χ3n) is 4.11. The van der Waals surface area contributed by atoms with E-state index in [2.05, 4.69) is 10.4 Å². The summed E-state index contributed by atoms with van der Waals surface area (Å²) in [5.74, 6) is 1.55. The predicted molar refractivity (Wildman–Crippen MR) is 109 cm³/mol. The van der Waals surface area contributed by atoms with Crippen molar-refractivity contribution >= 4 is 11.7 Å². The second-order valence-electron chi connectivity index (χ2n) is 6.80. The Bertz CT molecular complexity index is 949. The minimum atomic E-state index is -0.233. The van der Waals surface area contributed by atoms with Crippen molar-refractivity contribution in [3.05, 3.63) is 71.4 Å². The van der Waals surface area contributed by atoms with Gasteiger partial charge in [-0.1, -0.05) is 30.3 Å². The number of aryl methyl sites for hydroxylation is 1. The maximum absolute atomic E-state index is 12.8. The van der Waals surface area contributed by atoms with Crippen LogP contribution in [-0.2, 0) is 6.54 Å². The first-order chi connectivity index (χ1) is 13.5. The quantitative estimate of drug-likeness (QED) is 0.665. The molecule has 6 nitrogen and oxygen atoms in total. The molecule has 3 rings (SSSR count). The molecule has 2 aromatic carbocycles. The van der Waals surface area contributed by atoms with Gasteiger partial charge in [0.1, 0.15) is 5.82 Å². The molecule has 0 saturated carbocycles. The van der Waals surface area contributed by atoms with Gasteiger partial charge in [-0.25, -0.2) is 4.68 Å². The maximum Gasteiger partial charge on any atom is 0.256 e. The zero-order chi connectivity index (χ0) is 20.1. The Hall–Kier alpha value is -3.28. The maximum atomic E-state index is 12.8. The average molecular weight is 379 g/mol. The van der Waals surface area contributed by atoms with Crippen LogP contribution in [0.25, 0.3) is 0 Å². The summed E-state index contributed by atoms with van der Waals surface area (Å²) in [6.45, 7) is 6.36. The summed E-state index contributed by atoms with van der Waals surface area (Å²) in [5, 5.41) is 7.44. The molecule has 1 N–H and O–H groups in total. The van der Waals surface area contributed by atoms with Crippen LogP contribution in [0.2, 0.25) is 0 Å². The van der Waals surface area contributed by atoms with Gasteiger partial charge in [0.15, 0.2) is 11.5 Å². The molecular formula is C22H25N3O3. The van der Waals surface area contributed by atoms with Crippen molar-refractivity contribution in [3.63, 3.8) is 0 Å². The van der Waals surface area contributed by atoms with E-state index in [1.54, 1.807) is 30.0 Å². The van der Waals surface area contributed by atoms with Crippen LogP contribution in [0.1, 0.15) is 35.5 Å². The second-order valence-corrected chi connectivity index (χ2v) is 6.80. The van der Waals surface area contributed by atoms with Crippen molar-refractivity contribution in [2.75, 3.05) is 12.4 Å². The molecular weight excluding hydrogens is 354 g/mol. The highest BCUT2D eigenvalue weighted by Gasteiger charge is 2.15. The van der Waals surface area contributed by atoms with E-state index in [4.69, 9.17) is 9.47 Å². The molecule has 6 heteroatoms. The number of aromatic nitrogens is 2. The van der Waals surface area contributed by atoms with Crippen LogP contribution in [0.3, 0.4) is 0 Å². The van der Waals surface area contributed by atoms with Crippen LogP contribution in [0.5, 0.6) is 11.5 Å². The fraction of sp³-hybridized carbons (Fsp3) is 0.273. The predicted octanol–water partition coefficient (Wildman–Crippen LogP) is 4.29. The van der Waals surface area contributed by atoms with Crippen LogP contribution < -0.4 is 14.8 Å². The van der Waals surface area contributed by atoms with E-state index < -0.39 is 0 Å². The van der Waals surface area contributed by atoms with Gasteiger partial charge in [-0.05, 0) is 44.5 Å². The molecule has 0 aliphatic rings. The summed E-state index contributed by atoms with van der Waals surface area (Å²) < 4.78 is 12.9. The topological polar surface area (TPSA) is 65.4 Å². The fourth-order valence-electron chi connectivity index (χ4n) is 2.87. The zero-order valence-corrected chi connectivity index (χ0v) is 16.6. The number of anilines is 1. The second kappa shape index (κ2) is 8.61. The Morgan fingerprint density at radius 1 is 1.11 bits per heavy atom. The lowest BCUT2D eigenvalue weighted by Crippen LogP contribution is -2.16. The number of benzene rings is 2. The normalized spacial score (nSPS) is 10.8. The van der Waals surface area contributed by atoms with Crippen LogP contribution in [0.15, 0.2) is 54.6 Å². The molecule has 1 aromatic heterocycles. The number of amides is 1. The third-order valence-corrected chi connectivity index (χ3v) is 4.11. The number of carbonyl (C=O) groups is 1. The van der Waals surface area contributed by atoms with E-state index in [1.807, 2.05) is 57.2 Å². The van der Waals surface area contributed by atoms with Gasteiger partial charge in [0, 0.05) is 11.6 Å². The Morgan fingerprint density at radius 2 is 1.86 bits per heavy atom. The highest BCUT2D eigenvalue weighted by atomic mass is 16.5. The molecule has 0 radical (unpaired) electrons. The van der Waals surface area contributed by atoms with Crippen molar-refractivity contribution in [3.8, 4) is 11.5 Å². The van der Waals surface area contributed by atoms with Crippen molar-refractivity contribution < 1.29 is 14.3 Å². The molecule has 0 fully saturated rings. The number of rotatable bonds is 7. The number of nitrogens with one attached hydrogen (secondary N) is 1. The van der Waals surface area contributed by atoms with Gasteiger partial charge in [-0.2, -0.15) is 5.10 Å². The lowest BCUT2D eigenvalue weighted by Gasteiger charge is -2.14. The Morgan fingerprint density at radius 3 is 2.54 bits per heavy atom. The largest absolute Gasteiger partial charge is 0.493 e. The van der Waals surface area contributed by atoms with E-state index in [-0.39, 0.29) is 12.0 Å². The van der Waals surface area contributed by atoms with Crippen molar-refractivity contribution in [1.82, 2.24) is 9.78 Å². The minimum absolute atomic E-state index is 0.0175. The van der Waals surface area contributed by atoms with E-state index in [9.17, 15) is 4.79 Å². The summed E-state index contributed by atoms with van der Waals surface area (Å²) >= 11 is 0. The highest BCUT2D eigenvalue weighted by Crippen LogP contribution is 2.29. The first-order valence-electron chi connectivity index (χ1n) is 9.20. The summed E-state index contributed by atoms with van der Waals surface area (Å²) in [5.41, 5.74) is 2.43. The van der Waals surface area contributed by atoms with Gasteiger partial charge in [0.25, 0.3) is 5.91 Å². The molecule has 0 aliphatic heterocycles. The van der Waals surface area contributed by atoms with E-state index in [0.717, 1.165) is 11.3 Å². The molecule has 0 unspecified atom stereocenters. The number of carbonyl (C=O) groups excluding carboxylic acids is 1. The Balaban J connectivity index is 1.80. The summed E-state index contributed by atoms with van der Waals surface area (Å²) in [6, 6.07) is 17.0. The van der Waals surface area contributed by atoms with Crippen LogP contribution in [0.4, 0.5) is 5.82 Å². The Kier molecular flexibility index (Phi) is 5.99. The van der Waals surface area contributed by atoms with Crippen LogP contribution in [0, 0.1) is 6.92 Å². The summed E-state index contributed by atoms with van der Waals surface area (Å²) in [4.78, 5) is 12.8. The SMILES string of the molecule is COc1cc(C(=O)Nc2cc(C)nn2Cc2ccccc2)ccc1OC(C)C. The lowest BCUT2D eigenvalue weighted by atomic mass is 10.2. The van der Waals surface area contributed by atoms with Gasteiger partial charge >= 0.3 is 0 Å². The first kappa shape index (κ1) is 19.5. The van der Waals surface area contributed by atoms with E-state index in [0.29, 0.717) is 29.4 Å². The first-order valence-corrected chi connectivity index (χ1v) is 9.20. The number of nitrogens with zero attached hydrogens (tertiary/aromatic N) is 2. The molecule has 0 bridgehead atoms.